The molecule has 0 aliphatic heterocycles. The third-order valence-electron chi connectivity index (χ3n) is 9.00. The van der Waals surface area contributed by atoms with Crippen LogP contribution < -0.4 is 0 Å². The molecule has 3 saturated carbocycles. The van der Waals surface area contributed by atoms with Gasteiger partial charge in [-0.25, -0.2) is 9.59 Å². The summed E-state index contributed by atoms with van der Waals surface area (Å²) in [6, 6.07) is 0. The Balaban J connectivity index is 1.57. The molecule has 0 aromatic rings. The van der Waals surface area contributed by atoms with Gasteiger partial charge in [0.15, 0.2) is 0 Å². The standard InChI is InChI=1S/C25H36O7/c1-23-13-6-5-7-16(23)8-10-18-19-11-9-17(24(19,2)14-12-20(18)23)15-25(28,31-21(26)29-3)32-22(27)30-4/h8,10,17,19-20,28H,5-7,9,11-15H2,1-4H3/t17-,19+,20+,23+,24-/m1/s1. The molecule has 0 saturated heterocycles. The molecule has 7 nitrogen and oxygen atoms in total. The Morgan fingerprint density at radius 2 is 1.69 bits per heavy atom. The van der Waals surface area contributed by atoms with Crippen molar-refractivity contribution >= 4 is 12.3 Å². The summed E-state index contributed by atoms with van der Waals surface area (Å²) in [5.41, 5.74) is 3.35. The monoisotopic (exact) mass is 448 g/mol. The van der Waals surface area contributed by atoms with E-state index in [9.17, 15) is 14.7 Å². The van der Waals surface area contributed by atoms with Gasteiger partial charge in [-0.3, -0.25) is 0 Å². The van der Waals surface area contributed by atoms with Crippen LogP contribution in [0.5, 0.6) is 0 Å². The Labute approximate surface area is 190 Å². The van der Waals surface area contributed by atoms with E-state index in [-0.39, 0.29) is 23.2 Å². The van der Waals surface area contributed by atoms with E-state index in [4.69, 9.17) is 9.47 Å². The van der Waals surface area contributed by atoms with Gasteiger partial charge in [-0.15, -0.1) is 0 Å². The lowest BCUT2D eigenvalue weighted by Crippen LogP contribution is -2.47. The zero-order chi connectivity index (χ0) is 23.1. The smallest absolute Gasteiger partial charge is 0.437 e. The first-order chi connectivity index (χ1) is 15.1. The predicted molar refractivity (Wildman–Crippen MR) is 116 cm³/mol. The normalized spacial score (nSPS) is 36.0. The second kappa shape index (κ2) is 8.40. The topological polar surface area (TPSA) is 91.3 Å². The van der Waals surface area contributed by atoms with Crippen molar-refractivity contribution < 1.29 is 33.6 Å². The van der Waals surface area contributed by atoms with E-state index in [0.29, 0.717) is 11.8 Å². The van der Waals surface area contributed by atoms with Gasteiger partial charge in [-0.2, -0.15) is 0 Å². The second-order valence-corrected chi connectivity index (χ2v) is 10.4. The molecule has 0 amide bonds. The van der Waals surface area contributed by atoms with Crippen molar-refractivity contribution in [2.75, 3.05) is 14.2 Å². The quantitative estimate of drug-likeness (QED) is 0.450. The van der Waals surface area contributed by atoms with Crippen LogP contribution in [0, 0.1) is 28.6 Å². The van der Waals surface area contributed by atoms with E-state index in [0.717, 1.165) is 39.9 Å². The van der Waals surface area contributed by atoms with Gasteiger partial charge in [0.1, 0.15) is 0 Å². The van der Waals surface area contributed by atoms with Crippen molar-refractivity contribution in [1.82, 2.24) is 0 Å². The molecular weight excluding hydrogens is 412 g/mol. The van der Waals surface area contributed by atoms with Crippen LogP contribution in [0.2, 0.25) is 0 Å². The maximum absolute atomic E-state index is 11.7. The molecule has 0 spiro atoms. The lowest BCUT2D eigenvalue weighted by molar-refractivity contribution is -0.326. The summed E-state index contributed by atoms with van der Waals surface area (Å²) in [5, 5.41) is 10.9. The highest BCUT2D eigenvalue weighted by Crippen LogP contribution is 2.65. The summed E-state index contributed by atoms with van der Waals surface area (Å²) < 4.78 is 19.0. The molecule has 7 heteroatoms. The summed E-state index contributed by atoms with van der Waals surface area (Å²) in [5.74, 6) is -1.43. The largest absolute Gasteiger partial charge is 0.513 e. The number of carbonyl (C=O) groups is 2. The molecule has 0 bridgehead atoms. The Morgan fingerprint density at radius 3 is 2.34 bits per heavy atom. The van der Waals surface area contributed by atoms with Crippen molar-refractivity contribution in [2.45, 2.75) is 77.6 Å². The first-order valence-corrected chi connectivity index (χ1v) is 11.8. The lowest BCUT2D eigenvalue weighted by atomic mass is 9.50. The molecule has 5 atom stereocenters. The van der Waals surface area contributed by atoms with Crippen LogP contribution >= 0.6 is 0 Å². The Bertz CT molecular complexity index is 812. The van der Waals surface area contributed by atoms with Crippen molar-refractivity contribution in [2.24, 2.45) is 28.6 Å². The van der Waals surface area contributed by atoms with Crippen molar-refractivity contribution in [3.8, 4) is 0 Å². The van der Waals surface area contributed by atoms with Crippen LogP contribution in [0.3, 0.4) is 0 Å². The maximum atomic E-state index is 11.7. The third-order valence-corrected chi connectivity index (χ3v) is 9.00. The zero-order valence-electron chi connectivity index (χ0n) is 19.6. The minimum absolute atomic E-state index is 0.0122. The number of aliphatic hydroxyl groups is 1. The van der Waals surface area contributed by atoms with Crippen molar-refractivity contribution in [1.29, 1.82) is 0 Å². The number of ether oxygens (including phenoxy) is 4. The number of carbonyl (C=O) groups excluding carboxylic acids is 2. The zero-order valence-corrected chi connectivity index (χ0v) is 19.6. The molecule has 4 aliphatic rings. The van der Waals surface area contributed by atoms with Gasteiger partial charge in [0.05, 0.1) is 20.6 Å². The maximum Gasteiger partial charge on any atom is 0.513 e. The van der Waals surface area contributed by atoms with Crippen molar-refractivity contribution in [3.05, 3.63) is 23.3 Å². The SMILES string of the molecule is COC(=O)OC(O)(C[C@H]1CC[C@H]2C3=CC=C4CCCC[C@]4(C)[C@H]3CC[C@]12C)OC(=O)OC. The van der Waals surface area contributed by atoms with Gasteiger partial charge in [0.2, 0.25) is 0 Å². The predicted octanol–water partition coefficient (Wildman–Crippen LogP) is 5.48. The van der Waals surface area contributed by atoms with Crippen LogP contribution in [-0.2, 0) is 18.9 Å². The Hall–Kier alpha value is -2.02. The number of hydrogen-bond donors (Lipinski definition) is 1. The molecule has 4 rings (SSSR count). The average Bonchev–Trinajstić information content (AvgIpc) is 3.08. The summed E-state index contributed by atoms with van der Waals surface area (Å²) in [6.07, 6.45) is 11.6. The summed E-state index contributed by atoms with van der Waals surface area (Å²) in [7, 11) is 2.27. The molecule has 178 valence electrons. The minimum Gasteiger partial charge on any atom is -0.437 e. The number of hydrogen-bond acceptors (Lipinski definition) is 7. The highest BCUT2D eigenvalue weighted by Gasteiger charge is 2.58. The van der Waals surface area contributed by atoms with Gasteiger partial charge in [0, 0.05) is 0 Å². The number of fused-ring (bicyclic) bond motifs is 5. The van der Waals surface area contributed by atoms with Gasteiger partial charge in [0.25, 0.3) is 0 Å². The number of methoxy groups -OCH3 is 2. The van der Waals surface area contributed by atoms with Gasteiger partial charge < -0.3 is 24.1 Å². The molecule has 0 aromatic carbocycles. The molecule has 0 heterocycles. The van der Waals surface area contributed by atoms with E-state index in [1.807, 2.05) is 0 Å². The van der Waals surface area contributed by atoms with Crippen LogP contribution in [0.15, 0.2) is 23.3 Å². The van der Waals surface area contributed by atoms with Crippen molar-refractivity contribution in [3.63, 3.8) is 0 Å². The highest BCUT2D eigenvalue weighted by atomic mass is 16.9. The van der Waals surface area contributed by atoms with Gasteiger partial charge in [-0.1, -0.05) is 43.6 Å². The third kappa shape index (κ3) is 3.82. The fraction of sp³-hybridized carbons (Fsp3) is 0.760. The molecule has 32 heavy (non-hydrogen) atoms. The Morgan fingerprint density at radius 1 is 1.00 bits per heavy atom. The van der Waals surface area contributed by atoms with E-state index in [2.05, 4.69) is 35.5 Å². The molecular formula is C25H36O7. The summed E-state index contributed by atoms with van der Waals surface area (Å²) in [4.78, 5) is 23.5. The van der Waals surface area contributed by atoms with Gasteiger partial charge in [-0.05, 0) is 73.5 Å². The molecule has 4 aliphatic carbocycles. The summed E-state index contributed by atoms with van der Waals surface area (Å²) in [6.45, 7) is 4.73. The average molecular weight is 449 g/mol. The number of allylic oxidation sites excluding steroid dienone is 4. The van der Waals surface area contributed by atoms with E-state index >= 15 is 0 Å². The molecule has 0 radical (unpaired) electrons. The fourth-order valence-electron chi connectivity index (χ4n) is 7.24. The van der Waals surface area contributed by atoms with Gasteiger partial charge >= 0.3 is 18.3 Å². The van der Waals surface area contributed by atoms with E-state index in [1.54, 1.807) is 11.1 Å². The van der Waals surface area contributed by atoms with Crippen LogP contribution in [0.1, 0.15) is 71.6 Å². The van der Waals surface area contributed by atoms with Crippen LogP contribution in [0.25, 0.3) is 0 Å². The molecule has 1 N–H and O–H groups in total. The van der Waals surface area contributed by atoms with Crippen LogP contribution in [0.4, 0.5) is 9.59 Å². The Kier molecular flexibility index (Phi) is 6.07. The molecule has 0 aromatic heterocycles. The van der Waals surface area contributed by atoms with E-state index in [1.165, 1.54) is 25.7 Å². The fourth-order valence-corrected chi connectivity index (χ4v) is 7.24. The highest BCUT2D eigenvalue weighted by molar-refractivity contribution is 5.62. The summed E-state index contributed by atoms with van der Waals surface area (Å²) >= 11 is 0. The van der Waals surface area contributed by atoms with Crippen LogP contribution in [-0.4, -0.2) is 37.6 Å². The molecule has 3 fully saturated rings. The lowest BCUT2D eigenvalue weighted by Gasteiger charge is -2.54. The molecule has 0 unspecified atom stereocenters. The minimum atomic E-state index is -2.43. The first kappa shape index (κ1) is 23.1. The number of rotatable bonds is 4. The second-order valence-electron chi connectivity index (χ2n) is 10.4. The first-order valence-electron chi connectivity index (χ1n) is 11.8. The van der Waals surface area contributed by atoms with E-state index < -0.39 is 18.3 Å².